The van der Waals surface area contributed by atoms with Crippen molar-refractivity contribution in [1.82, 2.24) is 23.3 Å². The Morgan fingerprint density at radius 1 is 0.531 bits per heavy atom. The first kappa shape index (κ1) is 17.7. The van der Waals surface area contributed by atoms with Gasteiger partial charge in [0.25, 0.3) is 0 Å². The van der Waals surface area contributed by atoms with Crippen LogP contribution in [0.3, 0.4) is 0 Å². The number of rotatable bonds is 1. The standard InChI is InChI=1S/C26H16BrN5/c27-17-8-7-9-18(16-17)30-25-28-19-10-1-3-12-21(19)31(25)23-14-5-6-15-24(23)32-22-13-4-2-11-20(22)29-26(30)32/h1-16H. The topological polar surface area (TPSA) is 39.5 Å². The second kappa shape index (κ2) is 6.55. The maximum atomic E-state index is 5.09. The van der Waals surface area contributed by atoms with E-state index in [0.29, 0.717) is 0 Å². The van der Waals surface area contributed by atoms with E-state index in [4.69, 9.17) is 9.97 Å². The summed E-state index contributed by atoms with van der Waals surface area (Å²) in [5, 5.41) is 0. The van der Waals surface area contributed by atoms with Crippen molar-refractivity contribution in [1.29, 1.82) is 0 Å². The highest BCUT2D eigenvalue weighted by molar-refractivity contribution is 9.10. The summed E-state index contributed by atoms with van der Waals surface area (Å²) in [5.74, 6) is 1.62. The first-order valence-electron chi connectivity index (χ1n) is 10.4. The van der Waals surface area contributed by atoms with E-state index in [0.717, 1.165) is 54.8 Å². The van der Waals surface area contributed by atoms with Crippen molar-refractivity contribution in [2.24, 2.45) is 0 Å². The smallest absolute Gasteiger partial charge is 0.223 e. The fraction of sp³-hybridized carbons (Fsp3) is 0. The number of halogens is 1. The molecule has 0 radical (unpaired) electrons. The first-order valence-corrected chi connectivity index (χ1v) is 11.2. The molecule has 0 fully saturated rings. The molecule has 0 N–H and O–H groups in total. The van der Waals surface area contributed by atoms with Gasteiger partial charge in [0.15, 0.2) is 0 Å². The van der Waals surface area contributed by atoms with E-state index in [1.54, 1.807) is 0 Å². The zero-order valence-electron chi connectivity index (χ0n) is 16.9. The van der Waals surface area contributed by atoms with Gasteiger partial charge in [-0.15, -0.1) is 0 Å². The van der Waals surface area contributed by atoms with Gasteiger partial charge in [-0.1, -0.05) is 58.4 Å². The van der Waals surface area contributed by atoms with Crippen LogP contribution >= 0.6 is 15.9 Å². The predicted molar refractivity (Wildman–Crippen MR) is 132 cm³/mol. The summed E-state index contributed by atoms with van der Waals surface area (Å²) < 4.78 is 7.61. The molecule has 0 aliphatic heterocycles. The van der Waals surface area contributed by atoms with Gasteiger partial charge in [-0.25, -0.2) is 14.5 Å². The lowest BCUT2D eigenvalue weighted by molar-refractivity contribution is 1.03. The van der Waals surface area contributed by atoms with E-state index >= 15 is 0 Å². The fourth-order valence-electron chi connectivity index (χ4n) is 4.58. The van der Waals surface area contributed by atoms with Gasteiger partial charge in [-0.2, -0.15) is 0 Å². The molecule has 3 aromatic heterocycles. The average molecular weight is 478 g/mol. The minimum absolute atomic E-state index is 0.811. The number of benzene rings is 4. The van der Waals surface area contributed by atoms with Gasteiger partial charge in [0.2, 0.25) is 11.6 Å². The highest BCUT2D eigenvalue weighted by Gasteiger charge is 2.18. The molecule has 0 saturated heterocycles. The van der Waals surface area contributed by atoms with Crippen molar-refractivity contribution in [2.75, 3.05) is 0 Å². The SMILES string of the molecule is Brc1cccc(-n2c3nc4ccccc4n3c3ccccc3n3c4ccccc4nc23)c1. The number of nitrogens with zero attached hydrogens (tertiary/aromatic N) is 5. The Balaban J connectivity index is 1.90. The maximum absolute atomic E-state index is 5.09. The Hall–Kier alpha value is -3.90. The molecule has 0 bridgehead atoms. The third kappa shape index (κ3) is 2.38. The summed E-state index contributed by atoms with van der Waals surface area (Å²) in [7, 11) is 0. The zero-order chi connectivity index (χ0) is 21.2. The second-order valence-electron chi connectivity index (χ2n) is 7.78. The molecule has 5 nitrogen and oxygen atoms in total. The summed E-state index contributed by atoms with van der Waals surface area (Å²) in [5.41, 5.74) is 7.13. The third-order valence-corrected chi connectivity index (χ3v) is 6.41. The van der Waals surface area contributed by atoms with Gasteiger partial charge in [0.1, 0.15) is 0 Å². The number of aromatic nitrogens is 5. The molecule has 7 aromatic rings. The highest BCUT2D eigenvalue weighted by atomic mass is 79.9. The van der Waals surface area contributed by atoms with E-state index < -0.39 is 0 Å². The summed E-state index contributed by atoms with van der Waals surface area (Å²) in [6.45, 7) is 0. The minimum Gasteiger partial charge on any atom is -0.276 e. The zero-order valence-corrected chi connectivity index (χ0v) is 18.4. The Bertz CT molecular complexity index is 1740. The third-order valence-electron chi connectivity index (χ3n) is 5.92. The Morgan fingerprint density at radius 2 is 1.03 bits per heavy atom. The lowest BCUT2D eigenvalue weighted by Gasteiger charge is -2.07. The van der Waals surface area contributed by atoms with Crippen molar-refractivity contribution < 1.29 is 0 Å². The number of imidazole rings is 2. The van der Waals surface area contributed by atoms with Crippen molar-refractivity contribution >= 4 is 60.6 Å². The lowest BCUT2D eigenvalue weighted by Crippen LogP contribution is -2.01. The van der Waals surface area contributed by atoms with E-state index in [1.165, 1.54) is 0 Å². The molecule has 4 aromatic carbocycles. The van der Waals surface area contributed by atoms with Crippen LogP contribution in [0.15, 0.2) is 102 Å². The molecule has 6 heteroatoms. The van der Waals surface area contributed by atoms with E-state index in [9.17, 15) is 0 Å². The molecule has 0 spiro atoms. The average Bonchev–Trinajstić information content (AvgIpc) is 3.35. The van der Waals surface area contributed by atoms with Gasteiger partial charge in [-0.05, 0) is 54.6 Å². The van der Waals surface area contributed by atoms with Crippen LogP contribution in [0.25, 0.3) is 50.3 Å². The summed E-state index contributed by atoms with van der Waals surface area (Å²) in [6, 6.07) is 33.2. The number of hydrogen-bond donors (Lipinski definition) is 0. The molecule has 32 heavy (non-hydrogen) atoms. The van der Waals surface area contributed by atoms with Crippen LogP contribution in [0.1, 0.15) is 0 Å². The van der Waals surface area contributed by atoms with Crippen molar-refractivity contribution in [2.45, 2.75) is 0 Å². The maximum Gasteiger partial charge on any atom is 0.223 e. The van der Waals surface area contributed by atoms with Crippen molar-refractivity contribution in [3.05, 3.63) is 102 Å². The quantitative estimate of drug-likeness (QED) is 0.268. The summed E-state index contributed by atoms with van der Waals surface area (Å²) >= 11 is 3.64. The Morgan fingerprint density at radius 3 is 1.56 bits per heavy atom. The van der Waals surface area contributed by atoms with E-state index in [-0.39, 0.29) is 0 Å². The second-order valence-corrected chi connectivity index (χ2v) is 8.69. The summed E-state index contributed by atoms with van der Waals surface area (Å²) in [6.07, 6.45) is 0. The van der Waals surface area contributed by atoms with Crippen molar-refractivity contribution in [3.8, 4) is 5.69 Å². The molecule has 0 saturated carbocycles. The first-order chi connectivity index (χ1) is 15.8. The van der Waals surface area contributed by atoms with Crippen molar-refractivity contribution in [3.63, 3.8) is 0 Å². The molecular formula is C26H16BrN5. The van der Waals surface area contributed by atoms with Crippen LogP contribution in [0.4, 0.5) is 0 Å². The van der Waals surface area contributed by atoms with Gasteiger partial charge in [0.05, 0.1) is 38.8 Å². The van der Waals surface area contributed by atoms with Gasteiger partial charge < -0.3 is 0 Å². The molecule has 0 unspecified atom stereocenters. The van der Waals surface area contributed by atoms with Crippen LogP contribution in [0.5, 0.6) is 0 Å². The number of fused-ring (bicyclic) bond motifs is 9. The van der Waals surface area contributed by atoms with E-state index in [2.05, 4.69) is 102 Å². The van der Waals surface area contributed by atoms with Crippen LogP contribution in [-0.4, -0.2) is 23.3 Å². The largest absolute Gasteiger partial charge is 0.276 e. The normalized spacial score (nSPS) is 11.9. The molecule has 7 rings (SSSR count). The molecule has 0 atom stereocenters. The Labute approximate surface area is 191 Å². The van der Waals surface area contributed by atoms with Crippen LogP contribution in [-0.2, 0) is 0 Å². The van der Waals surface area contributed by atoms with Crippen LogP contribution < -0.4 is 0 Å². The minimum atomic E-state index is 0.811. The Kier molecular flexibility index (Phi) is 3.63. The molecule has 3 heterocycles. The molecule has 0 amide bonds. The molecule has 0 aliphatic carbocycles. The van der Waals surface area contributed by atoms with Gasteiger partial charge in [0, 0.05) is 4.47 Å². The number of hydrogen-bond acceptors (Lipinski definition) is 2. The molecule has 0 aliphatic rings. The summed E-state index contributed by atoms with van der Waals surface area (Å²) in [4.78, 5) is 10.2. The van der Waals surface area contributed by atoms with Gasteiger partial charge in [-0.3, -0.25) is 8.80 Å². The highest BCUT2D eigenvalue weighted by Crippen LogP contribution is 2.29. The van der Waals surface area contributed by atoms with E-state index in [1.807, 2.05) is 24.3 Å². The lowest BCUT2D eigenvalue weighted by atomic mass is 10.2. The molecular weight excluding hydrogens is 462 g/mol. The monoisotopic (exact) mass is 477 g/mol. The fourth-order valence-corrected chi connectivity index (χ4v) is 4.97. The number of para-hydroxylation sites is 6. The van der Waals surface area contributed by atoms with Crippen LogP contribution in [0.2, 0.25) is 0 Å². The molecule has 152 valence electrons. The van der Waals surface area contributed by atoms with Crippen LogP contribution in [0, 0.1) is 0 Å². The van der Waals surface area contributed by atoms with Gasteiger partial charge >= 0.3 is 0 Å². The predicted octanol–water partition coefficient (Wildman–Crippen LogP) is 6.56.